The number of imide groups is 1. The van der Waals surface area contributed by atoms with Crippen LogP contribution in [0.4, 0.5) is 0 Å². The first-order chi connectivity index (χ1) is 8.08. The van der Waals surface area contributed by atoms with Crippen molar-refractivity contribution in [2.24, 2.45) is 0 Å². The molecule has 1 aromatic rings. The van der Waals surface area contributed by atoms with Gasteiger partial charge in [0.15, 0.2) is 0 Å². The number of nitrogens with zero attached hydrogens (tertiary/aromatic N) is 1. The Morgan fingerprint density at radius 2 is 2.12 bits per heavy atom. The molecule has 2 heterocycles. The van der Waals surface area contributed by atoms with Crippen molar-refractivity contribution < 1.29 is 9.59 Å². The first-order valence-electron chi connectivity index (χ1n) is 5.87. The molecule has 1 N–H and O–H groups in total. The number of pyridine rings is 1. The smallest absolute Gasteiger partial charge is 0.235 e. The van der Waals surface area contributed by atoms with Gasteiger partial charge in [0.05, 0.1) is 11.6 Å². The van der Waals surface area contributed by atoms with Crippen LogP contribution in [0.3, 0.4) is 0 Å². The monoisotopic (exact) mass is 232 g/mol. The second kappa shape index (κ2) is 4.65. The second-order valence-corrected chi connectivity index (χ2v) is 4.67. The van der Waals surface area contributed by atoms with Gasteiger partial charge in [-0.2, -0.15) is 0 Å². The number of carbonyl (C=O) groups is 2. The van der Waals surface area contributed by atoms with Crippen LogP contribution in [0.5, 0.6) is 0 Å². The van der Waals surface area contributed by atoms with Gasteiger partial charge in [0.25, 0.3) is 0 Å². The lowest BCUT2D eigenvalue weighted by atomic mass is 9.93. The molecule has 0 radical (unpaired) electrons. The van der Waals surface area contributed by atoms with Gasteiger partial charge in [-0.25, -0.2) is 0 Å². The maximum absolute atomic E-state index is 11.7. The van der Waals surface area contributed by atoms with Gasteiger partial charge in [0.1, 0.15) is 0 Å². The molecule has 2 amide bonds. The molecule has 1 fully saturated rings. The van der Waals surface area contributed by atoms with Gasteiger partial charge in [-0.1, -0.05) is 19.9 Å². The zero-order valence-electron chi connectivity index (χ0n) is 10.1. The Balaban J connectivity index is 2.17. The lowest BCUT2D eigenvalue weighted by molar-refractivity contribution is -0.134. The molecular formula is C13H16N2O2. The Morgan fingerprint density at radius 3 is 2.65 bits per heavy atom. The van der Waals surface area contributed by atoms with Crippen molar-refractivity contribution in [3.05, 3.63) is 29.6 Å². The van der Waals surface area contributed by atoms with Crippen LogP contribution >= 0.6 is 0 Å². The van der Waals surface area contributed by atoms with E-state index in [4.69, 9.17) is 0 Å². The maximum atomic E-state index is 11.7. The highest BCUT2D eigenvalue weighted by Gasteiger charge is 2.28. The summed E-state index contributed by atoms with van der Waals surface area (Å²) in [5.41, 5.74) is 1.90. The van der Waals surface area contributed by atoms with E-state index in [1.54, 1.807) is 0 Å². The quantitative estimate of drug-likeness (QED) is 0.790. The first kappa shape index (κ1) is 11.8. The van der Waals surface area contributed by atoms with Crippen molar-refractivity contribution in [3.63, 3.8) is 0 Å². The van der Waals surface area contributed by atoms with Gasteiger partial charge in [-0.3, -0.25) is 19.9 Å². The van der Waals surface area contributed by atoms with Crippen LogP contribution < -0.4 is 5.32 Å². The molecule has 17 heavy (non-hydrogen) atoms. The van der Waals surface area contributed by atoms with Crippen LogP contribution in [0, 0.1) is 0 Å². The van der Waals surface area contributed by atoms with E-state index in [2.05, 4.69) is 24.1 Å². The molecule has 1 aromatic heterocycles. The molecular weight excluding hydrogens is 216 g/mol. The third-order valence-electron chi connectivity index (χ3n) is 3.07. The molecule has 1 aliphatic rings. The van der Waals surface area contributed by atoms with Crippen LogP contribution in [-0.2, 0) is 9.59 Å². The number of piperidine rings is 1. The Bertz CT molecular complexity index is 437. The molecule has 0 saturated carbocycles. The molecule has 1 aliphatic heterocycles. The van der Waals surface area contributed by atoms with E-state index in [-0.39, 0.29) is 17.7 Å². The fourth-order valence-electron chi connectivity index (χ4n) is 1.94. The fraction of sp³-hybridized carbons (Fsp3) is 0.462. The summed E-state index contributed by atoms with van der Waals surface area (Å²) in [5, 5.41) is 2.35. The van der Waals surface area contributed by atoms with E-state index in [1.807, 2.05) is 18.3 Å². The molecule has 2 rings (SSSR count). The summed E-state index contributed by atoms with van der Waals surface area (Å²) in [7, 11) is 0. The molecule has 1 saturated heterocycles. The van der Waals surface area contributed by atoms with Crippen molar-refractivity contribution in [1.82, 2.24) is 10.3 Å². The van der Waals surface area contributed by atoms with Gasteiger partial charge in [-0.15, -0.1) is 0 Å². The zero-order valence-corrected chi connectivity index (χ0v) is 10.1. The second-order valence-electron chi connectivity index (χ2n) is 4.67. The normalized spacial score (nSPS) is 20.5. The standard InChI is InChI=1S/C13H16N2O2/c1-8(2)9-3-5-11(14-7-9)10-4-6-12(16)15-13(10)17/h3,5,7-8,10H,4,6H2,1-2H3,(H,15,16,17)/t10-/m0/s1. The number of rotatable bonds is 2. The first-order valence-corrected chi connectivity index (χ1v) is 5.87. The Kier molecular flexibility index (Phi) is 3.22. The number of hydrogen-bond donors (Lipinski definition) is 1. The Labute approximate surface area is 100 Å². The summed E-state index contributed by atoms with van der Waals surface area (Å²) < 4.78 is 0. The third kappa shape index (κ3) is 2.52. The van der Waals surface area contributed by atoms with Crippen LogP contribution in [0.2, 0.25) is 0 Å². The van der Waals surface area contributed by atoms with Gasteiger partial charge in [-0.05, 0) is 24.0 Å². The highest BCUT2D eigenvalue weighted by atomic mass is 16.2. The van der Waals surface area contributed by atoms with Crippen LogP contribution in [0.1, 0.15) is 49.8 Å². The Morgan fingerprint density at radius 1 is 1.35 bits per heavy atom. The van der Waals surface area contributed by atoms with Crippen molar-refractivity contribution in [3.8, 4) is 0 Å². The number of carbonyl (C=O) groups excluding carboxylic acids is 2. The summed E-state index contributed by atoms with van der Waals surface area (Å²) >= 11 is 0. The summed E-state index contributed by atoms with van der Waals surface area (Å²) in [6, 6.07) is 3.88. The minimum Gasteiger partial charge on any atom is -0.296 e. The third-order valence-corrected chi connectivity index (χ3v) is 3.07. The lowest BCUT2D eigenvalue weighted by Gasteiger charge is -2.20. The molecule has 90 valence electrons. The molecule has 0 spiro atoms. The summed E-state index contributed by atoms with van der Waals surface area (Å²) in [5.74, 6) is -0.275. The lowest BCUT2D eigenvalue weighted by Crippen LogP contribution is -2.39. The van der Waals surface area contributed by atoms with Gasteiger partial charge in [0.2, 0.25) is 11.8 Å². The van der Waals surface area contributed by atoms with Crippen molar-refractivity contribution >= 4 is 11.8 Å². The van der Waals surface area contributed by atoms with Crippen LogP contribution in [0.25, 0.3) is 0 Å². The van der Waals surface area contributed by atoms with Gasteiger partial charge < -0.3 is 0 Å². The van der Waals surface area contributed by atoms with E-state index in [9.17, 15) is 9.59 Å². The van der Waals surface area contributed by atoms with Crippen molar-refractivity contribution in [2.75, 3.05) is 0 Å². The predicted molar refractivity (Wildman–Crippen MR) is 63.5 cm³/mol. The predicted octanol–water partition coefficient (Wildman–Crippen LogP) is 1.73. The molecule has 4 nitrogen and oxygen atoms in total. The van der Waals surface area contributed by atoms with Crippen molar-refractivity contribution in [1.29, 1.82) is 0 Å². The minimum absolute atomic E-state index is 0.190. The highest BCUT2D eigenvalue weighted by Crippen LogP contribution is 2.24. The summed E-state index contributed by atoms with van der Waals surface area (Å²) in [6.07, 6.45) is 2.76. The van der Waals surface area contributed by atoms with E-state index in [0.717, 1.165) is 11.3 Å². The molecule has 0 aliphatic carbocycles. The molecule has 0 bridgehead atoms. The topological polar surface area (TPSA) is 59.1 Å². The number of hydrogen-bond acceptors (Lipinski definition) is 3. The average Bonchev–Trinajstić information content (AvgIpc) is 2.29. The fourth-order valence-corrected chi connectivity index (χ4v) is 1.94. The number of amides is 2. The van der Waals surface area contributed by atoms with E-state index in [1.165, 1.54) is 0 Å². The highest BCUT2D eigenvalue weighted by molar-refractivity contribution is 6.00. The Hall–Kier alpha value is -1.71. The molecule has 0 aromatic carbocycles. The zero-order chi connectivity index (χ0) is 12.4. The largest absolute Gasteiger partial charge is 0.296 e. The molecule has 1 atom stereocenters. The number of nitrogens with one attached hydrogen (secondary N) is 1. The minimum atomic E-state index is -0.283. The van der Waals surface area contributed by atoms with E-state index in [0.29, 0.717) is 18.8 Å². The van der Waals surface area contributed by atoms with Gasteiger partial charge in [0, 0.05) is 12.6 Å². The van der Waals surface area contributed by atoms with Crippen LogP contribution in [-0.4, -0.2) is 16.8 Å². The average molecular weight is 232 g/mol. The SMILES string of the molecule is CC(C)c1ccc([C@@H]2CCC(=O)NC2=O)nc1. The summed E-state index contributed by atoms with van der Waals surface area (Å²) in [4.78, 5) is 27.0. The van der Waals surface area contributed by atoms with E-state index >= 15 is 0 Å². The van der Waals surface area contributed by atoms with Crippen LogP contribution in [0.15, 0.2) is 18.3 Å². The molecule has 4 heteroatoms. The maximum Gasteiger partial charge on any atom is 0.235 e. The molecule has 0 unspecified atom stereocenters. The van der Waals surface area contributed by atoms with Crippen molar-refractivity contribution in [2.45, 2.75) is 38.5 Å². The number of aromatic nitrogens is 1. The van der Waals surface area contributed by atoms with E-state index < -0.39 is 0 Å². The summed E-state index contributed by atoms with van der Waals surface area (Å²) in [6.45, 7) is 4.20. The van der Waals surface area contributed by atoms with Gasteiger partial charge >= 0.3 is 0 Å².